The summed E-state index contributed by atoms with van der Waals surface area (Å²) in [5, 5.41) is 10.5. The van der Waals surface area contributed by atoms with Crippen LogP contribution in [0.5, 0.6) is 11.5 Å². The van der Waals surface area contributed by atoms with Crippen molar-refractivity contribution in [3.63, 3.8) is 0 Å². The Bertz CT molecular complexity index is 1110. The number of alkyl halides is 1. The van der Waals surface area contributed by atoms with Crippen molar-refractivity contribution >= 4 is 38.2 Å². The van der Waals surface area contributed by atoms with Gasteiger partial charge in [-0.3, -0.25) is 4.79 Å². The third kappa shape index (κ3) is 10.5. The number of ketones is 1. The predicted octanol–water partition coefficient (Wildman–Crippen LogP) is 7.46. The van der Waals surface area contributed by atoms with Crippen molar-refractivity contribution in [1.29, 1.82) is 0 Å². The number of aliphatic hydroxyl groups is 1. The Hall–Kier alpha value is -2.42. The molecule has 0 unspecified atom stereocenters. The molecule has 6 nitrogen and oxygen atoms in total. The van der Waals surface area contributed by atoms with Crippen molar-refractivity contribution < 1.29 is 19.4 Å². The minimum absolute atomic E-state index is 0.117. The van der Waals surface area contributed by atoms with E-state index in [-0.39, 0.29) is 24.6 Å². The highest BCUT2D eigenvalue weighted by molar-refractivity contribution is 9.09. The fraction of sp³-hybridized carbons (Fsp3) is 0.448. The summed E-state index contributed by atoms with van der Waals surface area (Å²) in [5.41, 5.74) is 12.9. The molecule has 0 amide bonds. The van der Waals surface area contributed by atoms with Gasteiger partial charge in [-0.15, -0.1) is 11.3 Å². The van der Waals surface area contributed by atoms with Gasteiger partial charge in [-0.05, 0) is 109 Å². The first-order valence-corrected chi connectivity index (χ1v) is 14.3. The molecule has 0 aliphatic heterocycles. The van der Waals surface area contributed by atoms with Gasteiger partial charge in [0.1, 0.15) is 11.5 Å². The van der Waals surface area contributed by atoms with Crippen molar-refractivity contribution in [1.82, 2.24) is 4.98 Å². The number of ether oxygens (including phenoxy) is 2. The molecule has 0 atom stereocenters. The normalized spacial score (nSPS) is 10.4. The van der Waals surface area contributed by atoms with Crippen LogP contribution in [0.25, 0.3) is 11.3 Å². The first-order chi connectivity index (χ1) is 17.3. The molecule has 2 aromatic carbocycles. The molecule has 3 rings (SSSR count). The number of Topliss-reactive ketones (excluding diaryl/α,β-unsaturated/α-hetero) is 1. The van der Waals surface area contributed by atoms with E-state index in [1.54, 1.807) is 6.92 Å². The van der Waals surface area contributed by atoms with Gasteiger partial charge in [-0.25, -0.2) is 4.98 Å². The molecule has 204 valence electrons. The van der Waals surface area contributed by atoms with E-state index in [4.69, 9.17) is 20.3 Å². The number of nitrogen functional groups attached to an aromatic ring is 1. The minimum Gasteiger partial charge on any atom is -0.491 e. The highest BCUT2D eigenvalue weighted by Crippen LogP contribution is 2.32. The standard InChI is InChI=1S/C14H18N2OS.C13H17BrO2.C2H6O/c1-8(2)17-11-5-9(3)13(10(4)6-11)12-7-18-14(15)16-12;1-8(2)16-11-5-9(3)13(10(4)6-11)12(15)7-14;1-2-3/h5-8H,1-4H3,(H2,15,16);5-6,8H,7H2,1-4H3;3H,2H2,1H3. The number of hydrogen-bond donors (Lipinski definition) is 2. The number of aromatic nitrogens is 1. The largest absolute Gasteiger partial charge is 0.491 e. The quantitative estimate of drug-likeness (QED) is 0.218. The molecule has 1 heterocycles. The summed E-state index contributed by atoms with van der Waals surface area (Å²) in [6.07, 6.45) is 0.334. The number of aryl methyl sites for hydroxylation is 4. The van der Waals surface area contributed by atoms with Gasteiger partial charge in [0.05, 0.1) is 23.2 Å². The SMILES string of the molecule is CCO.Cc1cc(OC(C)C)cc(C)c1-c1csc(N)n1.Cc1cc(OC(C)C)cc(C)c1C(=O)CBr. The van der Waals surface area contributed by atoms with E-state index in [0.29, 0.717) is 10.5 Å². The summed E-state index contributed by atoms with van der Waals surface area (Å²) in [7, 11) is 0. The lowest BCUT2D eigenvalue weighted by Crippen LogP contribution is -2.09. The third-order valence-corrected chi connectivity index (χ3v) is 6.12. The van der Waals surface area contributed by atoms with E-state index >= 15 is 0 Å². The van der Waals surface area contributed by atoms with Crippen molar-refractivity contribution in [2.24, 2.45) is 0 Å². The molecule has 3 N–H and O–H groups in total. The van der Waals surface area contributed by atoms with Crippen LogP contribution in [-0.4, -0.2) is 40.0 Å². The van der Waals surface area contributed by atoms with Gasteiger partial charge >= 0.3 is 0 Å². The summed E-state index contributed by atoms with van der Waals surface area (Å²) < 4.78 is 11.4. The van der Waals surface area contributed by atoms with Crippen LogP contribution < -0.4 is 15.2 Å². The number of nitrogens with zero attached hydrogens (tertiary/aromatic N) is 1. The molecule has 3 aromatic rings. The van der Waals surface area contributed by atoms with Gasteiger partial charge in [0.2, 0.25) is 0 Å². The predicted molar refractivity (Wildman–Crippen MR) is 160 cm³/mol. The van der Waals surface area contributed by atoms with Crippen molar-refractivity contribution in [2.45, 2.75) is 74.5 Å². The first-order valence-electron chi connectivity index (χ1n) is 12.3. The molecule has 0 aliphatic rings. The topological polar surface area (TPSA) is 94.7 Å². The number of rotatable bonds is 7. The van der Waals surface area contributed by atoms with E-state index < -0.39 is 0 Å². The average molecular weight is 594 g/mol. The number of carbonyl (C=O) groups is 1. The van der Waals surface area contributed by atoms with Crippen molar-refractivity contribution in [3.05, 3.63) is 57.5 Å². The molecule has 0 bridgehead atoms. The van der Waals surface area contributed by atoms with Gasteiger partial charge in [0.15, 0.2) is 10.9 Å². The van der Waals surface area contributed by atoms with Crippen LogP contribution in [0.15, 0.2) is 29.6 Å². The zero-order valence-corrected chi connectivity index (χ0v) is 25.8. The summed E-state index contributed by atoms with van der Waals surface area (Å²) >= 11 is 4.66. The van der Waals surface area contributed by atoms with Gasteiger partial charge in [0, 0.05) is 23.1 Å². The lowest BCUT2D eigenvalue weighted by molar-refractivity contribution is 0.102. The number of hydrogen-bond acceptors (Lipinski definition) is 7. The maximum atomic E-state index is 11.7. The lowest BCUT2D eigenvalue weighted by Gasteiger charge is -2.14. The summed E-state index contributed by atoms with van der Waals surface area (Å²) in [5.74, 6) is 1.86. The Labute approximate surface area is 234 Å². The molecule has 0 aliphatic carbocycles. The average Bonchev–Trinajstić information content (AvgIpc) is 3.18. The summed E-state index contributed by atoms with van der Waals surface area (Å²) in [4.78, 5) is 16.0. The number of benzene rings is 2. The third-order valence-electron chi connectivity index (χ3n) is 4.93. The molecule has 0 spiro atoms. The summed E-state index contributed by atoms with van der Waals surface area (Å²) in [6.45, 7) is 18.0. The monoisotopic (exact) mass is 592 g/mol. The number of aliphatic hydroxyl groups excluding tert-OH is 1. The number of anilines is 1. The van der Waals surface area contributed by atoms with Crippen LogP contribution in [0.2, 0.25) is 0 Å². The zero-order valence-electron chi connectivity index (χ0n) is 23.4. The molecular weight excluding hydrogens is 552 g/mol. The number of nitrogens with two attached hydrogens (primary N) is 1. The lowest BCUT2D eigenvalue weighted by atomic mass is 9.99. The minimum atomic E-state index is 0.117. The fourth-order valence-electron chi connectivity index (χ4n) is 3.84. The fourth-order valence-corrected chi connectivity index (χ4v) is 4.68. The second-order valence-electron chi connectivity index (χ2n) is 9.14. The smallest absolute Gasteiger partial charge is 0.180 e. The van der Waals surface area contributed by atoms with Gasteiger partial charge in [0.25, 0.3) is 0 Å². The number of thiazole rings is 1. The number of carbonyl (C=O) groups excluding carboxylic acids is 1. The van der Waals surface area contributed by atoms with E-state index in [1.165, 1.54) is 11.3 Å². The van der Waals surface area contributed by atoms with E-state index in [1.807, 2.05) is 59.1 Å². The van der Waals surface area contributed by atoms with Crippen molar-refractivity contribution in [2.75, 3.05) is 17.7 Å². The molecule has 0 fully saturated rings. The molecule has 0 saturated heterocycles. The maximum Gasteiger partial charge on any atom is 0.180 e. The van der Waals surface area contributed by atoms with E-state index in [9.17, 15) is 4.79 Å². The van der Waals surface area contributed by atoms with E-state index in [2.05, 4.69) is 46.9 Å². The second kappa shape index (κ2) is 15.7. The Kier molecular flexibility index (Phi) is 13.9. The Morgan fingerprint density at radius 1 is 0.946 bits per heavy atom. The molecular formula is C29H41BrN2O4S. The Morgan fingerprint density at radius 2 is 1.35 bits per heavy atom. The summed E-state index contributed by atoms with van der Waals surface area (Å²) in [6, 6.07) is 7.95. The number of halogens is 1. The van der Waals surface area contributed by atoms with Crippen LogP contribution in [0.3, 0.4) is 0 Å². The van der Waals surface area contributed by atoms with Crippen LogP contribution in [0, 0.1) is 27.7 Å². The molecule has 0 saturated carbocycles. The van der Waals surface area contributed by atoms with Crippen molar-refractivity contribution in [3.8, 4) is 22.8 Å². The Morgan fingerprint density at radius 3 is 1.68 bits per heavy atom. The molecule has 8 heteroatoms. The first kappa shape index (κ1) is 32.6. The highest BCUT2D eigenvalue weighted by Gasteiger charge is 2.13. The van der Waals surface area contributed by atoms with Crippen LogP contribution in [-0.2, 0) is 0 Å². The van der Waals surface area contributed by atoms with Gasteiger partial charge < -0.3 is 20.3 Å². The zero-order chi connectivity index (χ0) is 28.3. The molecule has 0 radical (unpaired) electrons. The van der Waals surface area contributed by atoms with Crippen LogP contribution in [0.4, 0.5) is 5.13 Å². The second-order valence-corrected chi connectivity index (χ2v) is 10.6. The van der Waals surface area contributed by atoms with Gasteiger partial charge in [-0.2, -0.15) is 0 Å². The van der Waals surface area contributed by atoms with Gasteiger partial charge in [-0.1, -0.05) is 15.9 Å². The Balaban J connectivity index is 0.000000337. The molecule has 1 aromatic heterocycles. The van der Waals surface area contributed by atoms with Crippen LogP contribution >= 0.6 is 27.3 Å². The highest BCUT2D eigenvalue weighted by atomic mass is 79.9. The maximum absolute atomic E-state index is 11.7. The molecule has 37 heavy (non-hydrogen) atoms. The van der Waals surface area contributed by atoms with Crippen LogP contribution in [0.1, 0.15) is 67.2 Å². The van der Waals surface area contributed by atoms with E-state index in [0.717, 1.165) is 50.6 Å².